The number of anilines is 1. The highest BCUT2D eigenvalue weighted by atomic mass is 16.6. The van der Waals surface area contributed by atoms with E-state index in [4.69, 9.17) is 4.74 Å². The standard InChI is InChI=1S/C17H27NO3/c1-11-8-13(17(6,7)10-19)9-14(12(11)2)18-15(20)21-16(3,4)5/h8-9,19H,10H2,1-7H3,(H,18,20). The molecule has 21 heavy (non-hydrogen) atoms. The van der Waals surface area contributed by atoms with Gasteiger partial charge in [0.15, 0.2) is 0 Å². The molecular formula is C17H27NO3. The van der Waals surface area contributed by atoms with Crippen LogP contribution in [-0.4, -0.2) is 23.4 Å². The first-order chi connectivity index (χ1) is 9.46. The minimum Gasteiger partial charge on any atom is -0.444 e. The highest BCUT2D eigenvalue weighted by Crippen LogP contribution is 2.29. The van der Waals surface area contributed by atoms with E-state index < -0.39 is 11.7 Å². The Morgan fingerprint density at radius 3 is 2.24 bits per heavy atom. The Hall–Kier alpha value is -1.55. The Kier molecular flexibility index (Phi) is 5.05. The Labute approximate surface area is 127 Å². The van der Waals surface area contributed by atoms with E-state index >= 15 is 0 Å². The summed E-state index contributed by atoms with van der Waals surface area (Å²) in [6.07, 6.45) is -0.469. The van der Waals surface area contributed by atoms with E-state index in [1.807, 2.05) is 60.6 Å². The van der Waals surface area contributed by atoms with Crippen LogP contribution in [0.3, 0.4) is 0 Å². The zero-order valence-corrected chi connectivity index (χ0v) is 14.1. The summed E-state index contributed by atoms with van der Waals surface area (Å²) in [6, 6.07) is 3.95. The van der Waals surface area contributed by atoms with Crippen molar-refractivity contribution in [3.8, 4) is 0 Å². The van der Waals surface area contributed by atoms with Gasteiger partial charge in [-0.2, -0.15) is 0 Å². The van der Waals surface area contributed by atoms with E-state index in [0.29, 0.717) is 0 Å². The molecule has 4 heteroatoms. The number of hydrogen-bond donors (Lipinski definition) is 2. The van der Waals surface area contributed by atoms with Crippen LogP contribution in [0.5, 0.6) is 0 Å². The third-order valence-corrected chi connectivity index (χ3v) is 3.48. The first-order valence-electron chi connectivity index (χ1n) is 7.19. The number of aliphatic hydroxyl groups excluding tert-OH is 1. The summed E-state index contributed by atoms with van der Waals surface area (Å²) < 4.78 is 5.29. The van der Waals surface area contributed by atoms with Crippen molar-refractivity contribution in [3.05, 3.63) is 28.8 Å². The van der Waals surface area contributed by atoms with Crippen LogP contribution in [0, 0.1) is 13.8 Å². The summed E-state index contributed by atoms with van der Waals surface area (Å²) in [7, 11) is 0. The van der Waals surface area contributed by atoms with Gasteiger partial charge in [-0.3, -0.25) is 5.32 Å². The number of carbonyl (C=O) groups is 1. The molecule has 0 aromatic heterocycles. The van der Waals surface area contributed by atoms with E-state index in [9.17, 15) is 9.90 Å². The summed E-state index contributed by atoms with van der Waals surface area (Å²) in [5.41, 5.74) is 2.89. The SMILES string of the molecule is Cc1cc(C(C)(C)CO)cc(NC(=O)OC(C)(C)C)c1C. The van der Waals surface area contributed by atoms with Crippen molar-refractivity contribution in [3.63, 3.8) is 0 Å². The average molecular weight is 293 g/mol. The Bertz CT molecular complexity index is 528. The maximum atomic E-state index is 11.9. The molecule has 0 heterocycles. The molecular weight excluding hydrogens is 266 g/mol. The van der Waals surface area contributed by atoms with E-state index in [0.717, 1.165) is 22.4 Å². The van der Waals surface area contributed by atoms with Gasteiger partial charge in [-0.15, -0.1) is 0 Å². The third-order valence-electron chi connectivity index (χ3n) is 3.48. The quantitative estimate of drug-likeness (QED) is 0.888. The van der Waals surface area contributed by atoms with Crippen molar-refractivity contribution in [2.45, 2.75) is 59.5 Å². The summed E-state index contributed by atoms with van der Waals surface area (Å²) in [5, 5.41) is 12.3. The van der Waals surface area contributed by atoms with Gasteiger partial charge in [0.05, 0.1) is 6.61 Å². The second kappa shape index (κ2) is 6.06. The lowest BCUT2D eigenvalue weighted by Gasteiger charge is -2.25. The molecule has 0 aliphatic carbocycles. The van der Waals surface area contributed by atoms with Gasteiger partial charge in [0, 0.05) is 11.1 Å². The molecule has 1 rings (SSSR count). The summed E-state index contributed by atoms with van der Waals surface area (Å²) in [5.74, 6) is 0. The number of rotatable bonds is 3. The van der Waals surface area contributed by atoms with Gasteiger partial charge in [-0.25, -0.2) is 4.79 Å². The van der Waals surface area contributed by atoms with Crippen molar-refractivity contribution < 1.29 is 14.6 Å². The third kappa shape index (κ3) is 4.74. The predicted molar refractivity (Wildman–Crippen MR) is 85.9 cm³/mol. The van der Waals surface area contributed by atoms with Crippen LogP contribution in [0.2, 0.25) is 0 Å². The molecule has 1 aromatic carbocycles. The molecule has 0 bridgehead atoms. The number of benzene rings is 1. The molecule has 0 aliphatic rings. The highest BCUT2D eigenvalue weighted by Gasteiger charge is 2.22. The van der Waals surface area contributed by atoms with Gasteiger partial charge >= 0.3 is 6.09 Å². The lowest BCUT2D eigenvalue weighted by Crippen LogP contribution is -2.28. The van der Waals surface area contributed by atoms with E-state index in [2.05, 4.69) is 5.32 Å². The minimum absolute atomic E-state index is 0.0430. The number of hydrogen-bond acceptors (Lipinski definition) is 3. The molecule has 118 valence electrons. The largest absolute Gasteiger partial charge is 0.444 e. The number of carbonyl (C=O) groups excluding carboxylic acids is 1. The molecule has 2 N–H and O–H groups in total. The number of aliphatic hydroxyl groups is 1. The fraction of sp³-hybridized carbons (Fsp3) is 0.588. The molecule has 0 unspecified atom stereocenters. The first-order valence-corrected chi connectivity index (χ1v) is 7.19. The number of ether oxygens (including phenoxy) is 1. The normalized spacial score (nSPS) is 12.2. The van der Waals surface area contributed by atoms with Crippen molar-refractivity contribution in [2.24, 2.45) is 0 Å². The summed E-state index contributed by atoms with van der Waals surface area (Å²) in [4.78, 5) is 11.9. The van der Waals surface area contributed by atoms with E-state index in [1.165, 1.54) is 0 Å². The monoisotopic (exact) mass is 293 g/mol. The van der Waals surface area contributed by atoms with Gasteiger partial charge < -0.3 is 9.84 Å². The van der Waals surface area contributed by atoms with Crippen molar-refractivity contribution >= 4 is 11.8 Å². The first kappa shape index (κ1) is 17.5. The topological polar surface area (TPSA) is 58.6 Å². The zero-order chi connectivity index (χ0) is 16.4. The lowest BCUT2D eigenvalue weighted by atomic mass is 9.83. The van der Waals surface area contributed by atoms with Crippen LogP contribution in [0.1, 0.15) is 51.3 Å². The molecule has 0 saturated heterocycles. The fourth-order valence-electron chi connectivity index (χ4n) is 1.88. The summed E-state index contributed by atoms with van der Waals surface area (Å²) >= 11 is 0. The predicted octanol–water partition coefficient (Wildman–Crippen LogP) is 3.92. The Morgan fingerprint density at radius 2 is 1.76 bits per heavy atom. The van der Waals surface area contributed by atoms with Crippen LogP contribution in [0.25, 0.3) is 0 Å². The maximum absolute atomic E-state index is 11.9. The molecule has 0 fully saturated rings. The molecule has 4 nitrogen and oxygen atoms in total. The van der Waals surface area contributed by atoms with Crippen molar-refractivity contribution in [1.29, 1.82) is 0 Å². The van der Waals surface area contributed by atoms with Crippen LogP contribution in [-0.2, 0) is 10.2 Å². The van der Waals surface area contributed by atoms with Crippen LogP contribution in [0.4, 0.5) is 10.5 Å². The van der Waals surface area contributed by atoms with Crippen molar-refractivity contribution in [1.82, 2.24) is 0 Å². The highest BCUT2D eigenvalue weighted by molar-refractivity contribution is 5.86. The van der Waals surface area contributed by atoms with Crippen molar-refractivity contribution in [2.75, 3.05) is 11.9 Å². The molecule has 0 spiro atoms. The zero-order valence-electron chi connectivity index (χ0n) is 14.1. The Balaban J connectivity index is 3.10. The van der Waals surface area contributed by atoms with E-state index in [-0.39, 0.29) is 12.0 Å². The molecule has 1 aromatic rings. The summed E-state index contributed by atoms with van der Waals surface area (Å²) in [6.45, 7) is 13.4. The molecule has 0 saturated carbocycles. The molecule has 0 aliphatic heterocycles. The second-order valence-electron chi connectivity index (χ2n) is 7.13. The van der Waals surface area contributed by atoms with Gasteiger partial charge in [0.25, 0.3) is 0 Å². The van der Waals surface area contributed by atoms with Gasteiger partial charge in [-0.1, -0.05) is 19.9 Å². The molecule has 1 amide bonds. The maximum Gasteiger partial charge on any atom is 0.412 e. The molecule has 0 atom stereocenters. The van der Waals surface area contributed by atoms with Gasteiger partial charge in [-0.05, 0) is 57.4 Å². The number of nitrogens with one attached hydrogen (secondary N) is 1. The Morgan fingerprint density at radius 1 is 1.19 bits per heavy atom. The average Bonchev–Trinajstić information content (AvgIpc) is 2.32. The van der Waals surface area contributed by atoms with Crippen LogP contribution >= 0.6 is 0 Å². The fourth-order valence-corrected chi connectivity index (χ4v) is 1.88. The van der Waals surface area contributed by atoms with Gasteiger partial charge in [0.2, 0.25) is 0 Å². The minimum atomic E-state index is -0.533. The van der Waals surface area contributed by atoms with Gasteiger partial charge in [0.1, 0.15) is 5.60 Å². The number of amides is 1. The van der Waals surface area contributed by atoms with E-state index in [1.54, 1.807) is 0 Å². The lowest BCUT2D eigenvalue weighted by molar-refractivity contribution is 0.0636. The molecule has 0 radical (unpaired) electrons. The van der Waals surface area contributed by atoms with Crippen LogP contribution < -0.4 is 5.32 Å². The van der Waals surface area contributed by atoms with Crippen LogP contribution in [0.15, 0.2) is 12.1 Å². The smallest absolute Gasteiger partial charge is 0.412 e. The number of aryl methyl sites for hydroxylation is 1. The second-order valence-corrected chi connectivity index (χ2v) is 7.13.